The Morgan fingerprint density at radius 3 is 2.28 bits per heavy atom. The molecule has 1 aliphatic heterocycles. The normalized spacial score (nSPS) is 13.8. The molecule has 0 fully saturated rings. The molecule has 0 radical (unpaired) electrons. The number of aryl methyl sites for hydroxylation is 1. The van der Waals surface area contributed by atoms with E-state index in [-0.39, 0.29) is 0 Å². The van der Waals surface area contributed by atoms with Gasteiger partial charge in [0.15, 0.2) is 0 Å². The number of fused-ring (bicyclic) bond motifs is 1. The van der Waals surface area contributed by atoms with E-state index in [0.29, 0.717) is 0 Å². The first-order chi connectivity index (χ1) is 11.9. The fourth-order valence-corrected chi connectivity index (χ4v) is 3.37. The van der Waals surface area contributed by atoms with Crippen LogP contribution in [0.5, 0.6) is 0 Å². The molecule has 1 heteroatoms. The van der Waals surface area contributed by atoms with Crippen molar-refractivity contribution in [3.8, 4) is 11.1 Å². The van der Waals surface area contributed by atoms with E-state index in [1.54, 1.807) is 0 Å². The standard InChI is InChI=1S/C24H25N/c1-7-8-21-17(5)18(6)25-22-14-9-16(4)23(24(21)22)20-12-10-19(11-13-20)15(2)3/h7-14,25H,2,6H2,1,3-5H3/b8-7-. The van der Waals surface area contributed by atoms with Gasteiger partial charge < -0.3 is 5.32 Å². The van der Waals surface area contributed by atoms with Gasteiger partial charge in [-0.15, -0.1) is 0 Å². The minimum Gasteiger partial charge on any atom is -0.355 e. The maximum absolute atomic E-state index is 4.17. The minimum atomic E-state index is 0.966. The maximum atomic E-state index is 4.17. The number of nitrogens with one attached hydrogen (secondary N) is 1. The highest BCUT2D eigenvalue weighted by Crippen LogP contribution is 2.43. The first-order valence-corrected chi connectivity index (χ1v) is 8.64. The van der Waals surface area contributed by atoms with E-state index in [0.717, 1.165) is 17.0 Å². The molecule has 0 aliphatic carbocycles. The predicted molar refractivity (Wildman–Crippen MR) is 111 cm³/mol. The van der Waals surface area contributed by atoms with Crippen LogP contribution in [0.2, 0.25) is 0 Å². The van der Waals surface area contributed by atoms with Crippen LogP contribution in [0.25, 0.3) is 22.3 Å². The van der Waals surface area contributed by atoms with E-state index in [9.17, 15) is 0 Å². The summed E-state index contributed by atoms with van der Waals surface area (Å²) in [4.78, 5) is 0. The van der Waals surface area contributed by atoms with E-state index in [1.165, 1.54) is 39.0 Å². The highest BCUT2D eigenvalue weighted by molar-refractivity contribution is 5.98. The highest BCUT2D eigenvalue weighted by Gasteiger charge is 2.22. The third-order valence-electron chi connectivity index (χ3n) is 4.82. The van der Waals surface area contributed by atoms with Crippen LogP contribution in [-0.2, 0) is 0 Å². The Morgan fingerprint density at radius 1 is 1.00 bits per heavy atom. The summed E-state index contributed by atoms with van der Waals surface area (Å²) in [6.45, 7) is 16.6. The summed E-state index contributed by atoms with van der Waals surface area (Å²) in [6, 6.07) is 13.0. The zero-order valence-electron chi connectivity index (χ0n) is 15.5. The maximum Gasteiger partial charge on any atom is 0.0470 e. The quantitative estimate of drug-likeness (QED) is 0.641. The first kappa shape index (κ1) is 17.0. The summed E-state index contributed by atoms with van der Waals surface area (Å²) in [6.07, 6.45) is 4.28. The molecule has 126 valence electrons. The molecule has 0 amide bonds. The van der Waals surface area contributed by atoms with Crippen LogP contribution >= 0.6 is 0 Å². The number of hydrogen-bond acceptors (Lipinski definition) is 1. The molecule has 0 atom stereocenters. The third kappa shape index (κ3) is 2.98. The van der Waals surface area contributed by atoms with Gasteiger partial charge in [-0.25, -0.2) is 0 Å². The molecule has 2 aromatic rings. The molecule has 0 unspecified atom stereocenters. The molecule has 0 aromatic heterocycles. The van der Waals surface area contributed by atoms with E-state index in [1.807, 2.05) is 6.92 Å². The Morgan fingerprint density at radius 2 is 1.68 bits per heavy atom. The number of allylic oxidation sites excluding steroid dienone is 5. The lowest BCUT2D eigenvalue weighted by atomic mass is 9.84. The number of hydrogen-bond donors (Lipinski definition) is 1. The van der Waals surface area contributed by atoms with Crippen LogP contribution in [-0.4, -0.2) is 0 Å². The predicted octanol–water partition coefficient (Wildman–Crippen LogP) is 6.98. The molecule has 3 rings (SSSR count). The smallest absolute Gasteiger partial charge is 0.0470 e. The average molecular weight is 327 g/mol. The van der Waals surface area contributed by atoms with Gasteiger partial charge >= 0.3 is 0 Å². The molecule has 1 aliphatic rings. The largest absolute Gasteiger partial charge is 0.355 e. The zero-order chi connectivity index (χ0) is 18.1. The average Bonchev–Trinajstić information content (AvgIpc) is 2.59. The van der Waals surface area contributed by atoms with E-state index >= 15 is 0 Å². The zero-order valence-corrected chi connectivity index (χ0v) is 15.5. The van der Waals surface area contributed by atoms with Gasteiger partial charge in [0, 0.05) is 16.9 Å². The second-order valence-electron chi connectivity index (χ2n) is 6.68. The molecule has 0 saturated heterocycles. The second-order valence-corrected chi connectivity index (χ2v) is 6.68. The lowest BCUT2D eigenvalue weighted by Crippen LogP contribution is -2.11. The second kappa shape index (κ2) is 6.60. The van der Waals surface area contributed by atoms with Gasteiger partial charge in [0.1, 0.15) is 0 Å². The number of anilines is 1. The Balaban J connectivity index is 2.28. The molecular formula is C24H25N. The third-order valence-corrected chi connectivity index (χ3v) is 4.82. The van der Waals surface area contributed by atoms with Crippen molar-refractivity contribution in [1.82, 2.24) is 0 Å². The van der Waals surface area contributed by atoms with Crippen LogP contribution in [0.3, 0.4) is 0 Å². The van der Waals surface area contributed by atoms with Crippen molar-refractivity contribution in [1.29, 1.82) is 0 Å². The molecule has 25 heavy (non-hydrogen) atoms. The molecule has 2 aromatic carbocycles. The summed E-state index contributed by atoms with van der Waals surface area (Å²) < 4.78 is 0. The fourth-order valence-electron chi connectivity index (χ4n) is 3.37. The highest BCUT2D eigenvalue weighted by atomic mass is 14.9. The van der Waals surface area contributed by atoms with Crippen LogP contribution in [0.4, 0.5) is 5.69 Å². The van der Waals surface area contributed by atoms with Crippen molar-refractivity contribution < 1.29 is 0 Å². The topological polar surface area (TPSA) is 12.0 Å². The van der Waals surface area contributed by atoms with Gasteiger partial charge in [-0.3, -0.25) is 0 Å². The van der Waals surface area contributed by atoms with E-state index < -0.39 is 0 Å². The monoisotopic (exact) mass is 327 g/mol. The lowest BCUT2D eigenvalue weighted by molar-refractivity contribution is 1.30. The van der Waals surface area contributed by atoms with Crippen molar-refractivity contribution >= 4 is 16.8 Å². The van der Waals surface area contributed by atoms with Crippen molar-refractivity contribution in [3.05, 3.63) is 89.7 Å². The Bertz CT molecular complexity index is 921. The molecule has 0 saturated carbocycles. The minimum absolute atomic E-state index is 0.966. The summed E-state index contributed by atoms with van der Waals surface area (Å²) in [5.41, 5.74) is 11.8. The molecule has 1 heterocycles. The van der Waals surface area contributed by atoms with Crippen molar-refractivity contribution in [2.75, 3.05) is 5.32 Å². The number of benzene rings is 2. The Kier molecular flexibility index (Phi) is 4.50. The van der Waals surface area contributed by atoms with Gasteiger partial charge in [-0.05, 0) is 67.2 Å². The number of rotatable bonds is 3. The lowest BCUT2D eigenvalue weighted by Gasteiger charge is -2.27. The van der Waals surface area contributed by atoms with Gasteiger partial charge in [0.25, 0.3) is 0 Å². The van der Waals surface area contributed by atoms with Gasteiger partial charge in [0.05, 0.1) is 0 Å². The van der Waals surface area contributed by atoms with Gasteiger partial charge in [-0.1, -0.05) is 61.2 Å². The summed E-state index contributed by atoms with van der Waals surface area (Å²) in [5, 5.41) is 3.46. The van der Waals surface area contributed by atoms with Gasteiger partial charge in [-0.2, -0.15) is 0 Å². The van der Waals surface area contributed by atoms with Crippen molar-refractivity contribution in [2.24, 2.45) is 0 Å². The van der Waals surface area contributed by atoms with Crippen LogP contribution in [0, 0.1) is 6.92 Å². The van der Waals surface area contributed by atoms with Crippen LogP contribution in [0.15, 0.2) is 73.0 Å². The van der Waals surface area contributed by atoms with E-state index in [4.69, 9.17) is 0 Å². The summed E-state index contributed by atoms with van der Waals surface area (Å²) >= 11 is 0. The Hall–Kier alpha value is -2.80. The SMILES string of the molecule is C=C1Nc2ccc(C)c(-c3ccc(C(=C)C)cc3)c2C(/C=C\C)=C1C. The molecule has 1 N–H and O–H groups in total. The molecule has 0 spiro atoms. The summed E-state index contributed by atoms with van der Waals surface area (Å²) in [5.74, 6) is 0. The summed E-state index contributed by atoms with van der Waals surface area (Å²) in [7, 11) is 0. The van der Waals surface area contributed by atoms with Crippen molar-refractivity contribution in [2.45, 2.75) is 27.7 Å². The molecular weight excluding hydrogens is 302 g/mol. The van der Waals surface area contributed by atoms with Crippen molar-refractivity contribution in [3.63, 3.8) is 0 Å². The van der Waals surface area contributed by atoms with Crippen LogP contribution in [0.1, 0.15) is 37.5 Å². The Labute approximate surface area is 151 Å². The van der Waals surface area contributed by atoms with Gasteiger partial charge in [0.2, 0.25) is 0 Å². The van der Waals surface area contributed by atoms with E-state index in [2.05, 4.69) is 87.8 Å². The fraction of sp³-hybridized carbons (Fsp3) is 0.167. The first-order valence-electron chi connectivity index (χ1n) is 8.64. The molecule has 1 nitrogen and oxygen atoms in total. The van der Waals surface area contributed by atoms with Crippen LogP contribution < -0.4 is 5.32 Å². The molecule has 0 bridgehead atoms.